The molecule has 3 heteroatoms. The second-order valence-electron chi connectivity index (χ2n) is 3.59. The van der Waals surface area contributed by atoms with Crippen LogP contribution in [0.1, 0.15) is 18.9 Å². The fourth-order valence-electron chi connectivity index (χ4n) is 1.56. The van der Waals surface area contributed by atoms with Crippen molar-refractivity contribution in [3.8, 4) is 0 Å². The van der Waals surface area contributed by atoms with E-state index in [0.29, 0.717) is 11.8 Å². The van der Waals surface area contributed by atoms with E-state index in [1.807, 2.05) is 12.1 Å². The second kappa shape index (κ2) is 3.71. The summed E-state index contributed by atoms with van der Waals surface area (Å²) in [7, 11) is 0. The minimum atomic E-state index is -0.244. The van der Waals surface area contributed by atoms with E-state index in [4.69, 9.17) is 16.3 Å². The lowest BCUT2D eigenvalue weighted by Crippen LogP contribution is -2.27. The number of pyridine rings is 1. The van der Waals surface area contributed by atoms with Crippen LogP contribution in [-0.4, -0.2) is 11.6 Å². The molecule has 14 heavy (non-hydrogen) atoms. The number of nitrogens with zero attached hydrogens (tertiary/aromatic N) is 1. The lowest BCUT2D eigenvalue weighted by atomic mass is 9.92. The highest BCUT2D eigenvalue weighted by Crippen LogP contribution is 2.31. The summed E-state index contributed by atoms with van der Waals surface area (Å²) in [5, 5.41) is 0.517. The van der Waals surface area contributed by atoms with Crippen molar-refractivity contribution in [2.24, 2.45) is 0 Å². The zero-order valence-corrected chi connectivity index (χ0v) is 8.79. The molecule has 2 rings (SSSR count). The molecule has 0 bridgehead atoms. The molecule has 2 nitrogen and oxygen atoms in total. The highest BCUT2D eigenvalue weighted by molar-refractivity contribution is 6.29. The molecule has 1 aromatic rings. The van der Waals surface area contributed by atoms with E-state index in [2.05, 4.69) is 18.0 Å². The third kappa shape index (κ3) is 1.81. The van der Waals surface area contributed by atoms with Gasteiger partial charge in [0.05, 0.1) is 12.2 Å². The molecule has 0 saturated heterocycles. The third-order valence-corrected chi connectivity index (χ3v) is 2.73. The maximum atomic E-state index is 5.73. The summed E-state index contributed by atoms with van der Waals surface area (Å²) in [5.74, 6) is 0. The fourth-order valence-corrected chi connectivity index (χ4v) is 1.67. The maximum absolute atomic E-state index is 5.73. The molecule has 1 aliphatic heterocycles. The molecule has 0 radical (unpaired) electrons. The lowest BCUT2D eigenvalue weighted by molar-refractivity contribution is -0.0263. The average molecular weight is 210 g/mol. The smallest absolute Gasteiger partial charge is 0.129 e. The van der Waals surface area contributed by atoms with Gasteiger partial charge in [0.15, 0.2) is 0 Å². The largest absolute Gasteiger partial charge is 0.366 e. The second-order valence-corrected chi connectivity index (χ2v) is 3.97. The van der Waals surface area contributed by atoms with Gasteiger partial charge in [-0.2, -0.15) is 0 Å². The van der Waals surface area contributed by atoms with Gasteiger partial charge in [-0.15, -0.1) is 0 Å². The zero-order valence-electron chi connectivity index (χ0n) is 8.03. The number of aromatic nitrogens is 1. The Morgan fingerprint density at radius 1 is 1.43 bits per heavy atom. The van der Waals surface area contributed by atoms with Crippen LogP contribution in [0.25, 0.3) is 0 Å². The van der Waals surface area contributed by atoms with Gasteiger partial charge in [-0.05, 0) is 19.4 Å². The van der Waals surface area contributed by atoms with E-state index < -0.39 is 0 Å². The van der Waals surface area contributed by atoms with Gasteiger partial charge >= 0.3 is 0 Å². The van der Waals surface area contributed by atoms with Crippen LogP contribution in [0.2, 0.25) is 5.15 Å². The topological polar surface area (TPSA) is 22.1 Å². The van der Waals surface area contributed by atoms with Crippen molar-refractivity contribution in [3.05, 3.63) is 41.2 Å². The van der Waals surface area contributed by atoms with Gasteiger partial charge in [0, 0.05) is 11.8 Å². The number of hydrogen-bond acceptors (Lipinski definition) is 2. The Kier molecular flexibility index (Phi) is 2.57. The van der Waals surface area contributed by atoms with Gasteiger partial charge in [-0.25, -0.2) is 4.98 Å². The first-order valence-electron chi connectivity index (χ1n) is 4.62. The summed E-state index contributed by atoms with van der Waals surface area (Å²) >= 11 is 5.73. The molecule has 0 saturated carbocycles. The summed E-state index contributed by atoms with van der Waals surface area (Å²) in [6.45, 7) is 2.74. The molecule has 0 aromatic carbocycles. The highest BCUT2D eigenvalue weighted by Gasteiger charge is 2.27. The van der Waals surface area contributed by atoms with Gasteiger partial charge in [-0.1, -0.05) is 29.8 Å². The van der Waals surface area contributed by atoms with Crippen molar-refractivity contribution >= 4 is 11.6 Å². The predicted octanol–water partition coefficient (Wildman–Crippen LogP) is 2.93. The van der Waals surface area contributed by atoms with Crippen LogP contribution in [0.4, 0.5) is 0 Å². The van der Waals surface area contributed by atoms with E-state index >= 15 is 0 Å². The van der Waals surface area contributed by atoms with Crippen LogP contribution in [0.15, 0.2) is 30.5 Å². The van der Waals surface area contributed by atoms with Gasteiger partial charge in [0.1, 0.15) is 5.15 Å². The van der Waals surface area contributed by atoms with Crippen LogP contribution in [0, 0.1) is 0 Å². The zero-order chi connectivity index (χ0) is 10.0. The summed E-state index contributed by atoms with van der Waals surface area (Å²) in [6.07, 6.45) is 6.83. The van der Waals surface area contributed by atoms with E-state index in [9.17, 15) is 0 Å². The van der Waals surface area contributed by atoms with Crippen LogP contribution < -0.4 is 0 Å². The number of rotatable bonds is 1. The minimum Gasteiger partial charge on any atom is -0.366 e. The van der Waals surface area contributed by atoms with E-state index in [1.54, 1.807) is 12.3 Å². The van der Waals surface area contributed by atoms with Crippen LogP contribution in [-0.2, 0) is 10.3 Å². The molecule has 1 unspecified atom stereocenters. The number of halogens is 1. The normalized spacial score (nSPS) is 26.4. The first kappa shape index (κ1) is 9.69. The standard InChI is InChI=1S/C11H12ClNO/c1-11(6-2-3-7-14-11)9-4-5-10(12)13-8-9/h2-5,8H,6-7H2,1H3. The van der Waals surface area contributed by atoms with Crippen LogP contribution in [0.5, 0.6) is 0 Å². The van der Waals surface area contributed by atoms with E-state index in [-0.39, 0.29) is 5.60 Å². The summed E-state index contributed by atoms with van der Waals surface area (Å²) in [6, 6.07) is 3.76. The quantitative estimate of drug-likeness (QED) is 0.524. The highest BCUT2D eigenvalue weighted by atomic mass is 35.5. The van der Waals surface area contributed by atoms with Crippen molar-refractivity contribution in [2.75, 3.05) is 6.61 Å². The molecule has 0 N–H and O–H groups in total. The van der Waals surface area contributed by atoms with Crippen LogP contribution in [0.3, 0.4) is 0 Å². The molecule has 1 aliphatic rings. The lowest BCUT2D eigenvalue weighted by Gasteiger charge is -2.31. The Balaban J connectivity index is 2.29. The molecular formula is C11H12ClNO. The van der Waals surface area contributed by atoms with Crippen molar-refractivity contribution in [1.82, 2.24) is 4.98 Å². The molecular weight excluding hydrogens is 198 g/mol. The Morgan fingerprint density at radius 2 is 2.29 bits per heavy atom. The monoisotopic (exact) mass is 209 g/mol. The van der Waals surface area contributed by atoms with Crippen molar-refractivity contribution in [2.45, 2.75) is 18.9 Å². The first-order valence-corrected chi connectivity index (χ1v) is 4.99. The number of ether oxygens (including phenoxy) is 1. The SMILES string of the molecule is CC1(c2ccc(Cl)nc2)CC=CCO1. The van der Waals surface area contributed by atoms with E-state index in [1.165, 1.54) is 0 Å². The number of hydrogen-bond donors (Lipinski definition) is 0. The van der Waals surface area contributed by atoms with Gasteiger partial charge < -0.3 is 4.74 Å². The van der Waals surface area contributed by atoms with Crippen molar-refractivity contribution < 1.29 is 4.74 Å². The Hall–Kier alpha value is -0.860. The minimum absolute atomic E-state index is 0.244. The Morgan fingerprint density at radius 3 is 2.86 bits per heavy atom. The van der Waals surface area contributed by atoms with E-state index in [0.717, 1.165) is 12.0 Å². The molecule has 0 fully saturated rings. The molecule has 2 heterocycles. The molecule has 1 atom stereocenters. The maximum Gasteiger partial charge on any atom is 0.129 e. The summed E-state index contributed by atoms with van der Waals surface area (Å²) < 4.78 is 5.72. The third-order valence-electron chi connectivity index (χ3n) is 2.51. The van der Waals surface area contributed by atoms with Crippen molar-refractivity contribution in [3.63, 3.8) is 0 Å². The first-order chi connectivity index (χ1) is 6.71. The molecule has 74 valence electrons. The van der Waals surface area contributed by atoms with Crippen molar-refractivity contribution in [1.29, 1.82) is 0 Å². The van der Waals surface area contributed by atoms with Gasteiger partial charge in [-0.3, -0.25) is 0 Å². The molecule has 1 aromatic heterocycles. The fraction of sp³-hybridized carbons (Fsp3) is 0.364. The summed E-state index contributed by atoms with van der Waals surface area (Å²) in [5.41, 5.74) is 0.832. The molecule has 0 amide bonds. The van der Waals surface area contributed by atoms with Crippen LogP contribution >= 0.6 is 11.6 Å². The average Bonchev–Trinajstić information content (AvgIpc) is 2.19. The Bertz CT molecular complexity index is 347. The van der Waals surface area contributed by atoms with Gasteiger partial charge in [0.25, 0.3) is 0 Å². The predicted molar refractivity (Wildman–Crippen MR) is 56.3 cm³/mol. The molecule has 0 spiro atoms. The summed E-state index contributed by atoms with van der Waals surface area (Å²) in [4.78, 5) is 4.06. The Labute approximate surface area is 88.6 Å². The molecule has 0 aliphatic carbocycles. The van der Waals surface area contributed by atoms with Gasteiger partial charge in [0.2, 0.25) is 0 Å².